The van der Waals surface area contributed by atoms with E-state index in [1.54, 1.807) is 0 Å². The molecule has 0 aromatic carbocycles. The molecular weight excluding hydrogens is 254 g/mol. The molecule has 1 aromatic heterocycles. The van der Waals surface area contributed by atoms with Gasteiger partial charge in [0.1, 0.15) is 0 Å². The second kappa shape index (κ2) is 7.76. The molecule has 1 N–H and O–H groups in total. The molecule has 0 unspecified atom stereocenters. The van der Waals surface area contributed by atoms with Crippen molar-refractivity contribution in [2.24, 2.45) is 5.92 Å². The van der Waals surface area contributed by atoms with Gasteiger partial charge >= 0.3 is 0 Å². The predicted octanol–water partition coefficient (Wildman–Crippen LogP) is 2.03. The number of hydrogen-bond donors (Lipinski definition) is 1. The number of rotatable bonds is 10. The Morgan fingerprint density at radius 2 is 2.30 bits per heavy atom. The van der Waals surface area contributed by atoms with E-state index in [-0.39, 0.29) is 0 Å². The Morgan fingerprint density at radius 1 is 1.50 bits per heavy atom. The van der Waals surface area contributed by atoms with E-state index >= 15 is 0 Å². The molecule has 0 atom stereocenters. The number of nitrogens with zero attached hydrogens (tertiary/aromatic N) is 2. The molecule has 5 nitrogen and oxygen atoms in total. The second-order valence-electron chi connectivity index (χ2n) is 6.08. The monoisotopic (exact) mass is 281 g/mol. The molecule has 0 bridgehead atoms. The van der Waals surface area contributed by atoms with Crippen LogP contribution >= 0.6 is 0 Å². The highest BCUT2D eigenvalue weighted by molar-refractivity contribution is 5.05. The van der Waals surface area contributed by atoms with E-state index in [1.807, 2.05) is 6.07 Å². The largest absolute Gasteiger partial charge is 0.380 e. The lowest BCUT2D eigenvalue weighted by molar-refractivity contribution is 0.0993. The van der Waals surface area contributed by atoms with Crippen molar-refractivity contribution in [2.75, 3.05) is 26.8 Å². The topological polar surface area (TPSA) is 50.5 Å². The highest BCUT2D eigenvalue weighted by atomic mass is 16.5. The second-order valence-corrected chi connectivity index (χ2v) is 6.08. The molecule has 1 aliphatic rings. The zero-order chi connectivity index (χ0) is 14.4. The quantitative estimate of drug-likeness (QED) is 0.665. The Labute approximate surface area is 121 Å². The minimum absolute atomic E-state index is 0.460. The Kier molecular flexibility index (Phi) is 6.01. The minimum atomic E-state index is 0.460. The molecule has 0 radical (unpaired) electrons. The van der Waals surface area contributed by atoms with Crippen molar-refractivity contribution in [1.82, 2.24) is 15.4 Å². The van der Waals surface area contributed by atoms with Crippen LogP contribution in [-0.4, -0.2) is 42.9 Å². The summed E-state index contributed by atoms with van der Waals surface area (Å²) in [5.41, 5.74) is 0.965. The molecule has 2 rings (SSSR count). The van der Waals surface area contributed by atoms with E-state index in [4.69, 9.17) is 9.26 Å². The van der Waals surface area contributed by atoms with Gasteiger partial charge in [0.2, 0.25) is 0 Å². The summed E-state index contributed by atoms with van der Waals surface area (Å²) in [6.07, 6.45) is 2.70. The van der Waals surface area contributed by atoms with Gasteiger partial charge in [-0.25, -0.2) is 0 Å². The van der Waals surface area contributed by atoms with Crippen LogP contribution < -0.4 is 5.32 Å². The molecule has 0 spiro atoms. The van der Waals surface area contributed by atoms with E-state index in [0.717, 1.165) is 50.2 Å². The molecule has 5 heteroatoms. The van der Waals surface area contributed by atoms with Crippen LogP contribution in [0.25, 0.3) is 0 Å². The molecule has 20 heavy (non-hydrogen) atoms. The average molecular weight is 281 g/mol. The molecule has 0 saturated heterocycles. The van der Waals surface area contributed by atoms with Gasteiger partial charge < -0.3 is 14.6 Å². The van der Waals surface area contributed by atoms with E-state index < -0.39 is 0 Å². The molecule has 0 aliphatic heterocycles. The lowest BCUT2D eigenvalue weighted by Gasteiger charge is -2.14. The van der Waals surface area contributed by atoms with Gasteiger partial charge in [-0.2, -0.15) is 0 Å². The van der Waals surface area contributed by atoms with Crippen LogP contribution in [0.3, 0.4) is 0 Å². The smallest absolute Gasteiger partial charge is 0.151 e. The van der Waals surface area contributed by atoms with Crippen molar-refractivity contribution in [2.45, 2.75) is 45.8 Å². The van der Waals surface area contributed by atoms with Crippen molar-refractivity contribution in [3.05, 3.63) is 17.5 Å². The molecular formula is C15H27N3O2. The van der Waals surface area contributed by atoms with Crippen LogP contribution in [-0.2, 0) is 17.8 Å². The summed E-state index contributed by atoms with van der Waals surface area (Å²) in [6, 6.07) is 2.48. The first-order chi connectivity index (χ1) is 9.63. The summed E-state index contributed by atoms with van der Waals surface area (Å²) in [7, 11) is 2.08. The minimum Gasteiger partial charge on any atom is -0.380 e. The highest BCUT2D eigenvalue weighted by Crippen LogP contribution is 2.28. The van der Waals surface area contributed by atoms with Crippen LogP contribution in [0.4, 0.5) is 0 Å². The van der Waals surface area contributed by atoms with Gasteiger partial charge in [-0.15, -0.1) is 0 Å². The molecule has 1 fully saturated rings. The summed E-state index contributed by atoms with van der Waals surface area (Å²) in [5, 5.41) is 7.40. The van der Waals surface area contributed by atoms with Crippen LogP contribution in [0.15, 0.2) is 10.6 Å². The standard InChI is InChI=1S/C15H27N3O2/c1-12(2)16-9-14-8-15(20-17-14)10-18(3)6-7-19-11-13-4-5-13/h8,12-13,16H,4-7,9-11H2,1-3H3. The molecule has 1 saturated carbocycles. The van der Waals surface area contributed by atoms with Gasteiger partial charge in [0.05, 0.1) is 18.8 Å². The fourth-order valence-electron chi connectivity index (χ4n) is 1.92. The first-order valence-electron chi connectivity index (χ1n) is 7.57. The highest BCUT2D eigenvalue weighted by Gasteiger charge is 2.21. The van der Waals surface area contributed by atoms with Crippen LogP contribution in [0.1, 0.15) is 38.1 Å². The fraction of sp³-hybridized carbons (Fsp3) is 0.800. The zero-order valence-corrected chi connectivity index (χ0v) is 12.9. The van der Waals surface area contributed by atoms with E-state index in [1.165, 1.54) is 12.8 Å². The van der Waals surface area contributed by atoms with Crippen molar-refractivity contribution in [3.63, 3.8) is 0 Å². The first kappa shape index (κ1) is 15.5. The third kappa shape index (κ3) is 6.03. The van der Waals surface area contributed by atoms with E-state index in [2.05, 4.69) is 36.3 Å². The van der Waals surface area contributed by atoms with Gasteiger partial charge in [-0.1, -0.05) is 19.0 Å². The summed E-state index contributed by atoms with van der Waals surface area (Å²) >= 11 is 0. The first-order valence-corrected chi connectivity index (χ1v) is 7.57. The number of likely N-dealkylation sites (N-methyl/N-ethyl adjacent to an activating group) is 1. The molecule has 1 aliphatic carbocycles. The van der Waals surface area contributed by atoms with Gasteiger partial charge in [0, 0.05) is 31.8 Å². The molecule has 0 amide bonds. The Bertz CT molecular complexity index is 388. The van der Waals surface area contributed by atoms with Crippen molar-refractivity contribution < 1.29 is 9.26 Å². The van der Waals surface area contributed by atoms with Crippen LogP contribution in [0.5, 0.6) is 0 Å². The maximum atomic E-state index is 5.64. The third-order valence-corrected chi connectivity index (χ3v) is 3.39. The van der Waals surface area contributed by atoms with Crippen molar-refractivity contribution in [1.29, 1.82) is 0 Å². The van der Waals surface area contributed by atoms with Crippen LogP contribution in [0, 0.1) is 5.92 Å². The maximum Gasteiger partial charge on any atom is 0.151 e. The lowest BCUT2D eigenvalue weighted by Crippen LogP contribution is -2.23. The number of nitrogens with one attached hydrogen (secondary N) is 1. The Morgan fingerprint density at radius 3 is 3.00 bits per heavy atom. The Hall–Kier alpha value is -0.910. The molecule has 1 heterocycles. The molecule has 114 valence electrons. The summed E-state index contributed by atoms with van der Waals surface area (Å²) in [4.78, 5) is 2.20. The van der Waals surface area contributed by atoms with Crippen molar-refractivity contribution >= 4 is 0 Å². The van der Waals surface area contributed by atoms with Crippen LogP contribution in [0.2, 0.25) is 0 Å². The normalized spacial score (nSPS) is 15.4. The SMILES string of the molecule is CC(C)NCc1cc(CN(C)CCOCC2CC2)on1. The predicted molar refractivity (Wildman–Crippen MR) is 78.4 cm³/mol. The van der Waals surface area contributed by atoms with Gasteiger partial charge in [0.25, 0.3) is 0 Å². The third-order valence-electron chi connectivity index (χ3n) is 3.39. The average Bonchev–Trinajstić information content (AvgIpc) is 3.12. The summed E-state index contributed by atoms with van der Waals surface area (Å²) in [6.45, 7) is 8.43. The van der Waals surface area contributed by atoms with Gasteiger partial charge in [-0.3, -0.25) is 4.90 Å². The van der Waals surface area contributed by atoms with Gasteiger partial charge in [-0.05, 0) is 25.8 Å². The number of aromatic nitrogens is 1. The summed E-state index contributed by atoms with van der Waals surface area (Å²) in [5.74, 6) is 1.75. The van der Waals surface area contributed by atoms with E-state index in [9.17, 15) is 0 Å². The van der Waals surface area contributed by atoms with E-state index in [0.29, 0.717) is 6.04 Å². The number of ether oxygens (including phenoxy) is 1. The maximum absolute atomic E-state index is 5.64. The van der Waals surface area contributed by atoms with Gasteiger partial charge in [0.15, 0.2) is 5.76 Å². The lowest BCUT2D eigenvalue weighted by atomic mass is 10.3. The zero-order valence-electron chi connectivity index (χ0n) is 12.9. The number of hydrogen-bond acceptors (Lipinski definition) is 5. The Balaban J connectivity index is 1.61. The fourth-order valence-corrected chi connectivity index (χ4v) is 1.92. The summed E-state index contributed by atoms with van der Waals surface area (Å²) < 4.78 is 11.0. The van der Waals surface area contributed by atoms with Crippen molar-refractivity contribution in [3.8, 4) is 0 Å². The molecule has 1 aromatic rings.